The second-order valence-electron chi connectivity index (χ2n) is 7.11. The Hall–Kier alpha value is -1.22. The summed E-state index contributed by atoms with van der Waals surface area (Å²) in [6.07, 6.45) is 11.5. The molecule has 0 aliphatic carbocycles. The standard InChI is InChI=1S/C20H33NO2/c1-3-4-5-6-7-8-9-10-15(2)20-17-14-19(23)18(22)13-16(17)11-12-21-20/h13-15,20-23H,3-12H2,1-2H3. The molecule has 0 radical (unpaired) electrons. The molecule has 2 unspecified atom stereocenters. The predicted octanol–water partition coefficient (Wildman–Crippen LogP) is 5.06. The first-order valence-corrected chi connectivity index (χ1v) is 9.41. The number of benzene rings is 1. The molecular weight excluding hydrogens is 286 g/mol. The Morgan fingerprint density at radius 3 is 2.43 bits per heavy atom. The molecule has 2 rings (SSSR count). The number of phenols is 2. The van der Waals surface area contributed by atoms with Crippen LogP contribution in [-0.2, 0) is 6.42 Å². The van der Waals surface area contributed by atoms with Gasteiger partial charge in [-0.2, -0.15) is 0 Å². The molecule has 1 aliphatic heterocycles. The lowest BCUT2D eigenvalue weighted by Gasteiger charge is -2.32. The van der Waals surface area contributed by atoms with Crippen LogP contribution in [0.2, 0.25) is 0 Å². The van der Waals surface area contributed by atoms with Gasteiger partial charge in [-0.25, -0.2) is 0 Å². The Kier molecular flexibility index (Phi) is 7.22. The maximum Gasteiger partial charge on any atom is 0.157 e. The molecule has 0 spiro atoms. The summed E-state index contributed by atoms with van der Waals surface area (Å²) in [6.45, 7) is 5.51. The summed E-state index contributed by atoms with van der Waals surface area (Å²) in [5.74, 6) is 0.554. The number of hydrogen-bond donors (Lipinski definition) is 3. The Morgan fingerprint density at radius 2 is 1.70 bits per heavy atom. The van der Waals surface area contributed by atoms with Crippen molar-refractivity contribution in [2.24, 2.45) is 5.92 Å². The van der Waals surface area contributed by atoms with E-state index in [-0.39, 0.29) is 11.5 Å². The van der Waals surface area contributed by atoms with E-state index in [1.807, 2.05) is 0 Å². The highest BCUT2D eigenvalue weighted by molar-refractivity contribution is 5.47. The van der Waals surface area contributed by atoms with Gasteiger partial charge in [-0.05, 0) is 48.6 Å². The summed E-state index contributed by atoms with van der Waals surface area (Å²) < 4.78 is 0. The summed E-state index contributed by atoms with van der Waals surface area (Å²) in [7, 11) is 0. The number of nitrogens with one attached hydrogen (secondary N) is 1. The fourth-order valence-electron chi connectivity index (χ4n) is 3.71. The van der Waals surface area contributed by atoms with Gasteiger partial charge in [-0.3, -0.25) is 0 Å². The Balaban J connectivity index is 1.82. The third-order valence-corrected chi connectivity index (χ3v) is 5.16. The zero-order valence-corrected chi connectivity index (χ0v) is 14.8. The van der Waals surface area contributed by atoms with Crippen LogP contribution in [0, 0.1) is 5.92 Å². The smallest absolute Gasteiger partial charge is 0.157 e. The van der Waals surface area contributed by atoms with Gasteiger partial charge in [-0.15, -0.1) is 0 Å². The fraction of sp³-hybridized carbons (Fsp3) is 0.700. The topological polar surface area (TPSA) is 52.5 Å². The van der Waals surface area contributed by atoms with Crippen LogP contribution < -0.4 is 5.32 Å². The molecule has 1 aromatic carbocycles. The lowest BCUT2D eigenvalue weighted by atomic mass is 9.84. The van der Waals surface area contributed by atoms with E-state index in [1.54, 1.807) is 12.1 Å². The zero-order valence-electron chi connectivity index (χ0n) is 14.8. The first-order valence-electron chi connectivity index (χ1n) is 9.41. The summed E-state index contributed by atoms with van der Waals surface area (Å²) in [5.41, 5.74) is 2.34. The van der Waals surface area contributed by atoms with Crippen LogP contribution in [0.15, 0.2) is 12.1 Å². The van der Waals surface area contributed by atoms with Gasteiger partial charge in [0.1, 0.15) is 0 Å². The number of hydrogen-bond acceptors (Lipinski definition) is 3. The van der Waals surface area contributed by atoms with Crippen molar-refractivity contribution in [3.8, 4) is 11.5 Å². The van der Waals surface area contributed by atoms with E-state index < -0.39 is 0 Å². The number of fused-ring (bicyclic) bond motifs is 1. The SMILES string of the molecule is CCCCCCCCCC(C)C1NCCc2cc(O)c(O)cc21. The molecule has 23 heavy (non-hydrogen) atoms. The van der Waals surface area contributed by atoms with Gasteiger partial charge in [0.25, 0.3) is 0 Å². The minimum Gasteiger partial charge on any atom is -0.504 e. The first kappa shape index (κ1) is 18.1. The Morgan fingerprint density at radius 1 is 1.04 bits per heavy atom. The van der Waals surface area contributed by atoms with Crippen molar-refractivity contribution in [3.05, 3.63) is 23.3 Å². The quantitative estimate of drug-likeness (QED) is 0.440. The molecule has 0 bridgehead atoms. The van der Waals surface area contributed by atoms with Crippen LogP contribution in [0.1, 0.15) is 82.4 Å². The number of unbranched alkanes of at least 4 members (excludes halogenated alkanes) is 6. The van der Waals surface area contributed by atoms with E-state index in [4.69, 9.17) is 0 Å². The van der Waals surface area contributed by atoms with E-state index >= 15 is 0 Å². The van der Waals surface area contributed by atoms with Crippen molar-refractivity contribution in [2.75, 3.05) is 6.54 Å². The molecule has 1 aliphatic rings. The molecule has 3 nitrogen and oxygen atoms in total. The van der Waals surface area contributed by atoms with E-state index in [0.29, 0.717) is 12.0 Å². The number of rotatable bonds is 9. The van der Waals surface area contributed by atoms with Crippen molar-refractivity contribution in [3.63, 3.8) is 0 Å². The monoisotopic (exact) mass is 319 g/mol. The van der Waals surface area contributed by atoms with Gasteiger partial charge in [0.2, 0.25) is 0 Å². The van der Waals surface area contributed by atoms with Crippen molar-refractivity contribution < 1.29 is 10.2 Å². The van der Waals surface area contributed by atoms with Gasteiger partial charge in [0, 0.05) is 6.04 Å². The van der Waals surface area contributed by atoms with Crippen LogP contribution in [0.5, 0.6) is 11.5 Å². The van der Waals surface area contributed by atoms with Crippen LogP contribution in [0.25, 0.3) is 0 Å². The van der Waals surface area contributed by atoms with Gasteiger partial charge in [0.15, 0.2) is 11.5 Å². The summed E-state index contributed by atoms with van der Waals surface area (Å²) in [4.78, 5) is 0. The van der Waals surface area contributed by atoms with E-state index in [0.717, 1.165) is 13.0 Å². The maximum absolute atomic E-state index is 9.81. The lowest BCUT2D eigenvalue weighted by molar-refractivity contribution is 0.337. The van der Waals surface area contributed by atoms with E-state index in [1.165, 1.54) is 62.5 Å². The van der Waals surface area contributed by atoms with Crippen LogP contribution in [0.4, 0.5) is 0 Å². The lowest BCUT2D eigenvalue weighted by Crippen LogP contribution is -2.33. The largest absolute Gasteiger partial charge is 0.504 e. The van der Waals surface area contributed by atoms with E-state index in [9.17, 15) is 10.2 Å². The molecule has 3 N–H and O–H groups in total. The summed E-state index contributed by atoms with van der Waals surface area (Å²) in [5, 5.41) is 23.1. The second-order valence-corrected chi connectivity index (χ2v) is 7.11. The average Bonchev–Trinajstić information content (AvgIpc) is 2.54. The minimum absolute atomic E-state index is 0.000532. The minimum atomic E-state index is 0.000532. The second kappa shape index (κ2) is 9.17. The predicted molar refractivity (Wildman–Crippen MR) is 96.0 cm³/mol. The highest BCUT2D eigenvalue weighted by atomic mass is 16.3. The third kappa shape index (κ3) is 5.13. The number of phenolic OH excluding ortho intramolecular Hbond substituents is 2. The molecular formula is C20H33NO2. The summed E-state index contributed by atoms with van der Waals surface area (Å²) in [6, 6.07) is 3.78. The van der Waals surface area contributed by atoms with Gasteiger partial charge >= 0.3 is 0 Å². The van der Waals surface area contributed by atoms with Crippen molar-refractivity contribution in [1.82, 2.24) is 5.32 Å². The maximum atomic E-state index is 9.81. The molecule has 1 aromatic rings. The molecule has 0 saturated heterocycles. The normalized spacial score (nSPS) is 18.6. The molecule has 2 atom stereocenters. The van der Waals surface area contributed by atoms with Gasteiger partial charge in [0.05, 0.1) is 0 Å². The molecule has 1 heterocycles. The molecule has 3 heteroatoms. The molecule has 0 fully saturated rings. The van der Waals surface area contributed by atoms with Crippen LogP contribution >= 0.6 is 0 Å². The zero-order chi connectivity index (χ0) is 16.7. The third-order valence-electron chi connectivity index (χ3n) is 5.16. The van der Waals surface area contributed by atoms with Crippen molar-refractivity contribution in [2.45, 2.75) is 77.7 Å². The van der Waals surface area contributed by atoms with Crippen LogP contribution in [-0.4, -0.2) is 16.8 Å². The highest BCUT2D eigenvalue weighted by Gasteiger charge is 2.25. The number of aromatic hydroxyl groups is 2. The van der Waals surface area contributed by atoms with Gasteiger partial charge < -0.3 is 15.5 Å². The van der Waals surface area contributed by atoms with Crippen molar-refractivity contribution in [1.29, 1.82) is 0 Å². The summed E-state index contributed by atoms with van der Waals surface area (Å²) >= 11 is 0. The van der Waals surface area contributed by atoms with Crippen LogP contribution in [0.3, 0.4) is 0 Å². The van der Waals surface area contributed by atoms with Gasteiger partial charge in [-0.1, -0.05) is 58.8 Å². The Bertz CT molecular complexity index is 487. The molecule has 130 valence electrons. The Labute approximate surface area is 141 Å². The first-order chi connectivity index (χ1) is 11.1. The van der Waals surface area contributed by atoms with Crippen molar-refractivity contribution >= 4 is 0 Å². The average molecular weight is 319 g/mol. The molecule has 0 aromatic heterocycles. The highest BCUT2D eigenvalue weighted by Crippen LogP contribution is 2.37. The molecule has 0 saturated carbocycles. The van der Waals surface area contributed by atoms with E-state index in [2.05, 4.69) is 19.2 Å². The fourth-order valence-corrected chi connectivity index (χ4v) is 3.71. The molecule has 0 amide bonds.